The van der Waals surface area contributed by atoms with Crippen molar-refractivity contribution in [1.29, 1.82) is 0 Å². The van der Waals surface area contributed by atoms with E-state index in [1.54, 1.807) is 20.8 Å². The van der Waals surface area contributed by atoms with Gasteiger partial charge in [0.25, 0.3) is 0 Å². The number of fused-ring (bicyclic) bond motifs is 1. The standard InChI is InChI=1S/C28H38N2O5S/c1-16-7-6-8-17(2)26(34)18(3)27(35)28(4,5)23(32)14-24(33)29-20(11-9-16)19-10-12-22-21(13-19)30-25(15-31)36-22/h6-7,9-10,12-13,17-18,20,23,26,31-32,34H,8,11,14-15H2,1-5H3,(H,29,33)/b7-6+,16-9-/t17-,18+,20-,23-,26?/m0/s1. The Hall–Kier alpha value is -2.39. The molecule has 1 aromatic carbocycles. The highest BCUT2D eigenvalue weighted by atomic mass is 32.1. The number of carbonyl (C=O) groups excluding carboxylic acids is 2. The number of aliphatic hydroxyl groups is 3. The zero-order valence-corrected chi connectivity index (χ0v) is 22.5. The highest BCUT2D eigenvalue weighted by Gasteiger charge is 2.42. The third-order valence-electron chi connectivity index (χ3n) is 7.25. The maximum absolute atomic E-state index is 13.2. The number of thiazole rings is 1. The summed E-state index contributed by atoms with van der Waals surface area (Å²) in [5.41, 5.74) is 1.45. The van der Waals surface area contributed by atoms with Gasteiger partial charge in [0, 0.05) is 5.92 Å². The molecule has 8 heteroatoms. The van der Waals surface area contributed by atoms with Crippen LogP contribution < -0.4 is 5.32 Å². The van der Waals surface area contributed by atoms with Gasteiger partial charge < -0.3 is 20.6 Å². The van der Waals surface area contributed by atoms with Gasteiger partial charge in [-0.25, -0.2) is 4.98 Å². The van der Waals surface area contributed by atoms with E-state index in [4.69, 9.17) is 0 Å². The van der Waals surface area contributed by atoms with Crippen molar-refractivity contribution in [1.82, 2.24) is 10.3 Å². The molecule has 0 saturated carbocycles. The number of carbonyl (C=O) groups is 2. The molecular formula is C28H38N2O5S. The van der Waals surface area contributed by atoms with Crippen LogP contribution in [0.1, 0.15) is 70.5 Å². The first-order valence-corrected chi connectivity index (χ1v) is 13.3. The predicted molar refractivity (Wildman–Crippen MR) is 142 cm³/mol. The molecule has 36 heavy (non-hydrogen) atoms. The first kappa shape index (κ1) is 28.2. The second-order valence-electron chi connectivity index (χ2n) is 10.5. The highest BCUT2D eigenvalue weighted by molar-refractivity contribution is 7.18. The third-order valence-corrected chi connectivity index (χ3v) is 8.27. The van der Waals surface area contributed by atoms with Gasteiger partial charge in [0.1, 0.15) is 10.8 Å². The molecule has 0 spiro atoms. The Balaban J connectivity index is 1.95. The number of ketones is 1. The van der Waals surface area contributed by atoms with Gasteiger partial charge in [0.2, 0.25) is 5.91 Å². The van der Waals surface area contributed by atoms with Gasteiger partial charge in [-0.1, -0.05) is 57.6 Å². The molecule has 2 heterocycles. The third kappa shape index (κ3) is 6.48. The van der Waals surface area contributed by atoms with Gasteiger partial charge in [0.15, 0.2) is 0 Å². The summed E-state index contributed by atoms with van der Waals surface area (Å²) in [6.45, 7) is 8.71. The first-order chi connectivity index (χ1) is 16.9. The smallest absolute Gasteiger partial charge is 0.223 e. The van der Waals surface area contributed by atoms with Crippen molar-refractivity contribution in [3.63, 3.8) is 0 Å². The molecule has 0 bridgehead atoms. The van der Waals surface area contributed by atoms with E-state index in [2.05, 4.69) is 10.3 Å². The molecule has 3 rings (SSSR count). The maximum Gasteiger partial charge on any atom is 0.223 e. The first-order valence-electron chi connectivity index (χ1n) is 12.5. The largest absolute Gasteiger partial charge is 0.392 e. The fourth-order valence-electron chi connectivity index (χ4n) is 4.62. The van der Waals surface area contributed by atoms with Gasteiger partial charge in [-0.2, -0.15) is 0 Å². The van der Waals surface area contributed by atoms with E-state index in [1.807, 2.05) is 50.3 Å². The average Bonchev–Trinajstić information content (AvgIpc) is 3.26. The van der Waals surface area contributed by atoms with E-state index in [-0.39, 0.29) is 36.7 Å². The van der Waals surface area contributed by atoms with Crippen LogP contribution in [-0.2, 0) is 16.2 Å². The monoisotopic (exact) mass is 514 g/mol. The zero-order chi connectivity index (χ0) is 26.6. The minimum absolute atomic E-state index is 0.121. The summed E-state index contributed by atoms with van der Waals surface area (Å²) in [7, 11) is 0. The lowest BCUT2D eigenvalue weighted by atomic mass is 9.73. The van der Waals surface area contributed by atoms with Gasteiger partial charge in [-0.15, -0.1) is 11.3 Å². The Morgan fingerprint density at radius 2 is 1.89 bits per heavy atom. The van der Waals surface area contributed by atoms with Crippen LogP contribution in [0.2, 0.25) is 0 Å². The van der Waals surface area contributed by atoms with Crippen molar-refractivity contribution in [2.24, 2.45) is 17.3 Å². The van der Waals surface area contributed by atoms with Crippen molar-refractivity contribution in [3.8, 4) is 0 Å². The Kier molecular flexibility index (Phi) is 9.22. The number of benzene rings is 1. The lowest BCUT2D eigenvalue weighted by Crippen LogP contribution is -2.46. The van der Waals surface area contributed by atoms with Gasteiger partial charge in [-0.3, -0.25) is 9.59 Å². The predicted octanol–water partition coefficient (Wildman–Crippen LogP) is 4.22. The van der Waals surface area contributed by atoms with E-state index < -0.39 is 23.5 Å². The normalized spacial score (nSPS) is 31.0. The molecule has 2 aromatic rings. The van der Waals surface area contributed by atoms with Gasteiger partial charge in [-0.05, 0) is 43.4 Å². The second-order valence-corrected chi connectivity index (χ2v) is 11.6. The van der Waals surface area contributed by atoms with Crippen LogP contribution in [0.4, 0.5) is 0 Å². The fraction of sp³-hybridized carbons (Fsp3) is 0.536. The van der Waals surface area contributed by atoms with E-state index >= 15 is 0 Å². The molecule has 0 radical (unpaired) electrons. The lowest BCUT2D eigenvalue weighted by molar-refractivity contribution is -0.143. The lowest BCUT2D eigenvalue weighted by Gasteiger charge is -2.34. The van der Waals surface area contributed by atoms with Crippen LogP contribution in [0.3, 0.4) is 0 Å². The summed E-state index contributed by atoms with van der Waals surface area (Å²) in [5, 5.41) is 34.8. The van der Waals surface area contributed by atoms with Crippen molar-refractivity contribution < 1.29 is 24.9 Å². The van der Waals surface area contributed by atoms with E-state index in [1.165, 1.54) is 11.3 Å². The van der Waals surface area contributed by atoms with E-state index in [0.29, 0.717) is 17.8 Å². The molecule has 196 valence electrons. The SMILES string of the molecule is CC1=C/C[C@@H](c2ccc3sc(CO)nc3c2)NC(=O)C[C@H](O)C(C)(C)C(=O)[C@H](C)C(O)[C@@H](C)C\C=C\1. The number of aromatic nitrogens is 1. The number of Topliss-reactive ketones (excluding diaryl/α,β-unsaturated/α-hetero) is 1. The molecule has 7 nitrogen and oxygen atoms in total. The maximum atomic E-state index is 13.2. The van der Waals surface area contributed by atoms with Crippen LogP contribution in [0.5, 0.6) is 0 Å². The minimum Gasteiger partial charge on any atom is -0.392 e. The Bertz CT molecular complexity index is 1150. The Labute approximate surface area is 217 Å². The molecule has 0 fully saturated rings. The molecule has 5 atom stereocenters. The summed E-state index contributed by atoms with van der Waals surface area (Å²) in [5.74, 6) is -1.44. The molecular weight excluding hydrogens is 476 g/mol. The van der Waals surface area contributed by atoms with Crippen molar-refractivity contribution >= 4 is 33.2 Å². The van der Waals surface area contributed by atoms with Crippen LogP contribution >= 0.6 is 11.3 Å². The summed E-state index contributed by atoms with van der Waals surface area (Å²) < 4.78 is 0.957. The minimum atomic E-state index is -1.20. The number of allylic oxidation sites excluding steroid dienone is 3. The van der Waals surface area contributed by atoms with Crippen molar-refractivity contribution in [2.75, 3.05) is 0 Å². The van der Waals surface area contributed by atoms with Crippen LogP contribution in [0.15, 0.2) is 42.0 Å². The Morgan fingerprint density at radius 3 is 2.58 bits per heavy atom. The summed E-state index contributed by atoms with van der Waals surface area (Å²) in [6, 6.07) is 5.44. The molecule has 4 N–H and O–H groups in total. The van der Waals surface area contributed by atoms with Crippen LogP contribution in [0, 0.1) is 17.3 Å². The second kappa shape index (κ2) is 11.8. The molecule has 0 aliphatic carbocycles. The number of nitrogens with one attached hydrogen (secondary N) is 1. The molecule has 1 unspecified atom stereocenters. The van der Waals surface area contributed by atoms with Crippen LogP contribution in [0.25, 0.3) is 10.2 Å². The van der Waals surface area contributed by atoms with E-state index in [9.17, 15) is 24.9 Å². The number of hydrogen-bond acceptors (Lipinski definition) is 7. The highest BCUT2D eigenvalue weighted by Crippen LogP contribution is 2.32. The average molecular weight is 515 g/mol. The van der Waals surface area contributed by atoms with Gasteiger partial charge >= 0.3 is 0 Å². The molecule has 1 aromatic heterocycles. The van der Waals surface area contributed by atoms with E-state index in [0.717, 1.165) is 21.4 Å². The van der Waals surface area contributed by atoms with Gasteiger partial charge in [0.05, 0.1) is 46.9 Å². The molecule has 1 aliphatic rings. The quantitative estimate of drug-likeness (QED) is 0.476. The topological polar surface area (TPSA) is 120 Å². The fourth-order valence-corrected chi connectivity index (χ4v) is 5.43. The zero-order valence-electron chi connectivity index (χ0n) is 21.7. The Morgan fingerprint density at radius 1 is 1.17 bits per heavy atom. The number of nitrogens with zero attached hydrogens (tertiary/aromatic N) is 1. The number of amides is 1. The summed E-state index contributed by atoms with van der Waals surface area (Å²) >= 11 is 1.43. The van der Waals surface area contributed by atoms with Crippen molar-refractivity contribution in [3.05, 3.63) is 52.6 Å². The number of hydrogen-bond donors (Lipinski definition) is 4. The van der Waals surface area contributed by atoms with Crippen molar-refractivity contribution in [2.45, 2.75) is 78.7 Å². The molecule has 0 saturated heterocycles. The van der Waals surface area contributed by atoms with Crippen LogP contribution in [-0.4, -0.2) is 44.2 Å². The summed E-state index contributed by atoms with van der Waals surface area (Å²) in [4.78, 5) is 30.7. The number of rotatable bonds is 2. The molecule has 1 amide bonds. The number of aliphatic hydroxyl groups excluding tert-OH is 3. The molecule has 1 aliphatic heterocycles. The summed E-state index contributed by atoms with van der Waals surface area (Å²) in [6.07, 6.45) is 4.89.